The van der Waals surface area contributed by atoms with Crippen molar-refractivity contribution in [2.45, 2.75) is 58.5 Å². The van der Waals surface area contributed by atoms with Crippen LogP contribution in [0.5, 0.6) is 5.75 Å². The zero-order valence-corrected chi connectivity index (χ0v) is 21.2. The van der Waals surface area contributed by atoms with Crippen molar-refractivity contribution in [2.24, 2.45) is 0 Å². The van der Waals surface area contributed by atoms with Crippen LogP contribution in [-0.4, -0.2) is 56.2 Å². The second kappa shape index (κ2) is 11.4. The predicted octanol–water partition coefficient (Wildman–Crippen LogP) is 5.52. The highest BCUT2D eigenvalue weighted by atomic mass is 16.6. The number of ketones is 1. The Morgan fingerprint density at radius 3 is 2.56 bits per heavy atom. The van der Waals surface area contributed by atoms with Gasteiger partial charge < -0.3 is 19.3 Å². The van der Waals surface area contributed by atoms with Crippen LogP contribution in [0.15, 0.2) is 42.5 Å². The molecule has 6 heteroatoms. The molecule has 2 aromatic rings. The monoisotopic (exact) mass is 466 g/mol. The van der Waals surface area contributed by atoms with E-state index in [1.807, 2.05) is 57.2 Å². The molecule has 0 aliphatic carbocycles. The highest BCUT2D eigenvalue weighted by Crippen LogP contribution is 2.28. The van der Waals surface area contributed by atoms with E-state index >= 15 is 0 Å². The van der Waals surface area contributed by atoms with E-state index in [-0.39, 0.29) is 11.9 Å². The van der Waals surface area contributed by atoms with Gasteiger partial charge >= 0.3 is 6.09 Å². The summed E-state index contributed by atoms with van der Waals surface area (Å²) >= 11 is 0. The quantitative estimate of drug-likeness (QED) is 0.341. The summed E-state index contributed by atoms with van der Waals surface area (Å²) in [6, 6.07) is 13.9. The van der Waals surface area contributed by atoms with Crippen molar-refractivity contribution in [1.82, 2.24) is 4.90 Å². The molecule has 0 fully saturated rings. The lowest BCUT2D eigenvalue weighted by Gasteiger charge is -2.27. The molecule has 0 spiro atoms. The molecule has 0 saturated heterocycles. The molecule has 34 heavy (non-hydrogen) atoms. The number of hydrogen-bond acceptors (Lipinski definition) is 5. The minimum atomic E-state index is -0.558. The summed E-state index contributed by atoms with van der Waals surface area (Å²) in [5, 5.41) is 0. The predicted molar refractivity (Wildman–Crippen MR) is 136 cm³/mol. The summed E-state index contributed by atoms with van der Waals surface area (Å²) in [5.74, 6) is 0.980. The first-order valence-electron chi connectivity index (χ1n) is 12.1. The number of para-hydroxylation sites is 1. The fraction of sp³-hybridized carbons (Fsp3) is 0.500. The van der Waals surface area contributed by atoms with Crippen LogP contribution in [0.25, 0.3) is 0 Å². The van der Waals surface area contributed by atoms with Gasteiger partial charge in [-0.1, -0.05) is 18.2 Å². The summed E-state index contributed by atoms with van der Waals surface area (Å²) in [5.41, 5.74) is 3.75. The number of ether oxygens (including phenoxy) is 2. The summed E-state index contributed by atoms with van der Waals surface area (Å²) in [7, 11) is 3.73. The Morgan fingerprint density at radius 2 is 1.82 bits per heavy atom. The molecular weight excluding hydrogens is 428 g/mol. The molecule has 0 saturated carbocycles. The average Bonchev–Trinajstić information content (AvgIpc) is 3.17. The van der Waals surface area contributed by atoms with Gasteiger partial charge in [-0.15, -0.1) is 0 Å². The van der Waals surface area contributed by atoms with Crippen LogP contribution in [0.1, 0.15) is 61.5 Å². The second-order valence-corrected chi connectivity index (χ2v) is 9.92. The Morgan fingerprint density at radius 1 is 1.06 bits per heavy atom. The maximum Gasteiger partial charge on any atom is 0.410 e. The van der Waals surface area contributed by atoms with Crippen molar-refractivity contribution >= 4 is 17.6 Å². The number of benzene rings is 2. The van der Waals surface area contributed by atoms with Crippen LogP contribution in [0, 0.1) is 0 Å². The van der Waals surface area contributed by atoms with Crippen molar-refractivity contribution < 1.29 is 19.1 Å². The maximum absolute atomic E-state index is 12.8. The molecule has 1 heterocycles. The molecule has 1 aliphatic heterocycles. The fourth-order valence-electron chi connectivity index (χ4n) is 4.26. The molecule has 184 valence electrons. The lowest BCUT2D eigenvalue weighted by atomic mass is 10.0. The highest BCUT2D eigenvalue weighted by Gasteiger charge is 2.22. The van der Waals surface area contributed by atoms with Crippen LogP contribution in [0.4, 0.5) is 10.5 Å². The number of rotatable bonds is 10. The highest BCUT2D eigenvalue weighted by molar-refractivity contribution is 5.96. The summed E-state index contributed by atoms with van der Waals surface area (Å²) in [4.78, 5) is 29.5. The number of hydrogen-bond donors (Lipinski definition) is 0. The Kier molecular flexibility index (Phi) is 8.59. The van der Waals surface area contributed by atoms with E-state index in [1.54, 1.807) is 12.0 Å². The normalized spacial score (nSPS) is 12.9. The number of Topliss-reactive ketones (excluding diaryl/α,β-unsaturated/α-hetero) is 1. The molecule has 0 N–H and O–H groups in total. The molecule has 3 rings (SSSR count). The first-order valence-corrected chi connectivity index (χ1v) is 12.1. The number of likely N-dealkylation sites (N-methyl/N-ethyl adjacent to an activating group) is 1. The zero-order chi connectivity index (χ0) is 24.7. The second-order valence-electron chi connectivity index (χ2n) is 9.92. The Labute approximate surface area is 203 Å². The van der Waals surface area contributed by atoms with Crippen molar-refractivity contribution in [3.63, 3.8) is 0 Å². The number of carbonyl (C=O) groups is 2. The molecule has 0 aromatic heterocycles. The van der Waals surface area contributed by atoms with Crippen LogP contribution in [-0.2, 0) is 17.6 Å². The van der Waals surface area contributed by atoms with Crippen LogP contribution in [0.2, 0.25) is 0 Å². The molecule has 0 unspecified atom stereocenters. The molecule has 0 bridgehead atoms. The third kappa shape index (κ3) is 6.99. The number of fused-ring (bicyclic) bond motifs is 1. The van der Waals surface area contributed by atoms with Crippen molar-refractivity contribution in [1.29, 1.82) is 0 Å². The Bertz CT molecular complexity index is 996. The van der Waals surface area contributed by atoms with Gasteiger partial charge in [0.2, 0.25) is 0 Å². The SMILES string of the molecule is COc1ccccc1CCN(CCCCC(=O)c1ccc2c(c1)CCN2C)C(=O)OC(C)(C)C. The van der Waals surface area contributed by atoms with Gasteiger partial charge in [-0.05, 0) is 81.8 Å². The van der Waals surface area contributed by atoms with E-state index in [0.29, 0.717) is 25.9 Å². The van der Waals surface area contributed by atoms with Crippen LogP contribution in [0.3, 0.4) is 0 Å². The van der Waals surface area contributed by atoms with Crippen molar-refractivity contribution in [2.75, 3.05) is 38.7 Å². The lowest BCUT2D eigenvalue weighted by molar-refractivity contribution is 0.0249. The third-order valence-corrected chi connectivity index (χ3v) is 6.11. The Balaban J connectivity index is 1.54. The number of amides is 1. The van der Waals surface area contributed by atoms with Gasteiger partial charge in [0.25, 0.3) is 0 Å². The lowest BCUT2D eigenvalue weighted by Crippen LogP contribution is -2.38. The molecule has 2 aromatic carbocycles. The van der Waals surface area contributed by atoms with E-state index in [1.165, 1.54) is 11.3 Å². The number of unbranched alkanes of at least 4 members (excludes halogenated alkanes) is 1. The van der Waals surface area contributed by atoms with Crippen molar-refractivity contribution in [3.8, 4) is 5.75 Å². The van der Waals surface area contributed by atoms with E-state index < -0.39 is 5.60 Å². The van der Waals surface area contributed by atoms with Crippen LogP contribution < -0.4 is 9.64 Å². The summed E-state index contributed by atoms with van der Waals surface area (Å²) in [6.45, 7) is 7.69. The standard InChI is InChI=1S/C28H38N2O4/c1-28(2,3)34-27(32)30(19-16-21-10-6-7-12-26(21)33-5)17-9-8-11-25(31)23-13-14-24-22(20-23)15-18-29(24)4/h6-7,10,12-14,20H,8-9,11,15-19H2,1-5H3. The van der Waals surface area contributed by atoms with Gasteiger partial charge in [-0.25, -0.2) is 4.79 Å². The summed E-state index contributed by atoms with van der Waals surface area (Å²) < 4.78 is 11.1. The number of methoxy groups -OCH3 is 1. The maximum atomic E-state index is 12.8. The minimum absolute atomic E-state index is 0.162. The number of nitrogens with zero attached hydrogens (tertiary/aromatic N) is 2. The molecular formula is C28H38N2O4. The molecule has 0 atom stereocenters. The molecule has 1 aliphatic rings. The smallest absolute Gasteiger partial charge is 0.410 e. The number of anilines is 1. The van der Waals surface area contributed by atoms with Gasteiger partial charge in [-0.2, -0.15) is 0 Å². The zero-order valence-electron chi connectivity index (χ0n) is 21.2. The van der Waals surface area contributed by atoms with E-state index in [2.05, 4.69) is 18.0 Å². The van der Waals surface area contributed by atoms with Gasteiger partial charge in [0, 0.05) is 44.4 Å². The molecule has 6 nitrogen and oxygen atoms in total. The molecule has 1 amide bonds. The van der Waals surface area contributed by atoms with Gasteiger partial charge in [0.1, 0.15) is 11.4 Å². The molecule has 0 radical (unpaired) electrons. The van der Waals surface area contributed by atoms with E-state index in [4.69, 9.17) is 9.47 Å². The van der Waals surface area contributed by atoms with Gasteiger partial charge in [-0.3, -0.25) is 4.79 Å². The van der Waals surface area contributed by atoms with E-state index in [0.717, 1.165) is 42.7 Å². The van der Waals surface area contributed by atoms with Gasteiger partial charge in [0.15, 0.2) is 5.78 Å². The largest absolute Gasteiger partial charge is 0.496 e. The van der Waals surface area contributed by atoms with Crippen molar-refractivity contribution in [3.05, 3.63) is 59.2 Å². The fourth-order valence-corrected chi connectivity index (χ4v) is 4.26. The summed E-state index contributed by atoms with van der Waals surface area (Å²) in [6.07, 6.45) is 3.28. The average molecular weight is 467 g/mol. The number of carbonyl (C=O) groups excluding carboxylic acids is 2. The first kappa shape index (κ1) is 25.6. The topological polar surface area (TPSA) is 59.1 Å². The Hall–Kier alpha value is -3.02. The third-order valence-electron chi connectivity index (χ3n) is 6.11. The van der Waals surface area contributed by atoms with Gasteiger partial charge in [0.05, 0.1) is 7.11 Å². The first-order chi connectivity index (χ1) is 16.2. The van der Waals surface area contributed by atoms with Crippen LogP contribution >= 0.6 is 0 Å². The minimum Gasteiger partial charge on any atom is -0.496 e. The van der Waals surface area contributed by atoms with E-state index in [9.17, 15) is 9.59 Å².